The van der Waals surface area contributed by atoms with Crippen LogP contribution in [0.25, 0.3) is 6.08 Å². The van der Waals surface area contributed by atoms with Crippen molar-refractivity contribution in [1.29, 1.82) is 0 Å². The molecule has 0 unspecified atom stereocenters. The number of benzene rings is 2. The molecule has 1 saturated heterocycles. The summed E-state index contributed by atoms with van der Waals surface area (Å²) in [4.78, 5) is 36.3. The smallest absolute Gasteiger partial charge is 0.268 e. The molecule has 2 aromatic carbocycles. The molecule has 132 valence electrons. The molecule has 0 saturated carbocycles. The SMILES string of the molecule is O=C1SC(=Cc2ccc(Cl)c(Cl)c2)C(=O)N1Cc1cccc([N+](=O)[O-])c1. The Morgan fingerprint density at radius 3 is 2.58 bits per heavy atom. The number of imide groups is 1. The first-order chi connectivity index (χ1) is 12.3. The van der Waals surface area contributed by atoms with E-state index in [9.17, 15) is 19.7 Å². The van der Waals surface area contributed by atoms with E-state index < -0.39 is 16.1 Å². The number of non-ortho nitro benzene ring substituents is 1. The van der Waals surface area contributed by atoms with E-state index in [-0.39, 0.29) is 17.1 Å². The number of carbonyl (C=O) groups is 2. The van der Waals surface area contributed by atoms with E-state index in [4.69, 9.17) is 23.2 Å². The Morgan fingerprint density at radius 2 is 1.88 bits per heavy atom. The average molecular weight is 409 g/mol. The lowest BCUT2D eigenvalue weighted by Gasteiger charge is -2.12. The molecule has 9 heteroatoms. The first-order valence-corrected chi connectivity index (χ1v) is 8.86. The van der Waals surface area contributed by atoms with Crippen molar-refractivity contribution < 1.29 is 14.5 Å². The Morgan fingerprint density at radius 1 is 1.12 bits per heavy atom. The van der Waals surface area contributed by atoms with E-state index in [0.29, 0.717) is 21.2 Å². The van der Waals surface area contributed by atoms with Gasteiger partial charge in [0.2, 0.25) is 0 Å². The number of nitro benzene ring substituents is 1. The Balaban J connectivity index is 1.82. The van der Waals surface area contributed by atoms with Gasteiger partial charge in [0, 0.05) is 12.1 Å². The molecule has 0 aromatic heterocycles. The fourth-order valence-corrected chi connectivity index (χ4v) is 3.49. The van der Waals surface area contributed by atoms with Crippen LogP contribution in [-0.4, -0.2) is 21.0 Å². The summed E-state index contributed by atoms with van der Waals surface area (Å²) in [7, 11) is 0. The van der Waals surface area contributed by atoms with Crippen molar-refractivity contribution in [3.8, 4) is 0 Å². The van der Waals surface area contributed by atoms with Crippen molar-refractivity contribution in [1.82, 2.24) is 4.90 Å². The van der Waals surface area contributed by atoms with Crippen LogP contribution in [0.2, 0.25) is 10.0 Å². The van der Waals surface area contributed by atoms with Gasteiger partial charge in [0.1, 0.15) is 0 Å². The van der Waals surface area contributed by atoms with Crippen molar-refractivity contribution in [2.75, 3.05) is 0 Å². The Hall–Kier alpha value is -2.35. The summed E-state index contributed by atoms with van der Waals surface area (Å²) in [6, 6.07) is 10.7. The third-order valence-corrected chi connectivity index (χ3v) is 5.22. The summed E-state index contributed by atoms with van der Waals surface area (Å²) in [5.74, 6) is -0.461. The predicted octanol–water partition coefficient (Wildman–Crippen LogP) is 5.14. The molecule has 0 bridgehead atoms. The van der Waals surface area contributed by atoms with E-state index in [1.54, 1.807) is 30.3 Å². The van der Waals surface area contributed by atoms with Gasteiger partial charge in [-0.2, -0.15) is 0 Å². The van der Waals surface area contributed by atoms with Crippen LogP contribution >= 0.6 is 35.0 Å². The van der Waals surface area contributed by atoms with E-state index in [1.807, 2.05) is 0 Å². The molecule has 1 fully saturated rings. The fourth-order valence-electron chi connectivity index (χ4n) is 2.34. The van der Waals surface area contributed by atoms with Crippen LogP contribution in [0.15, 0.2) is 47.4 Å². The summed E-state index contributed by atoms with van der Waals surface area (Å²) >= 11 is 12.6. The summed E-state index contributed by atoms with van der Waals surface area (Å²) in [5, 5.41) is 11.1. The lowest BCUT2D eigenvalue weighted by molar-refractivity contribution is -0.384. The van der Waals surface area contributed by atoms with Gasteiger partial charge in [-0.15, -0.1) is 0 Å². The van der Waals surface area contributed by atoms with Crippen molar-refractivity contribution in [3.63, 3.8) is 0 Å². The second kappa shape index (κ2) is 7.49. The molecular formula is C17H10Cl2N2O4S. The predicted molar refractivity (Wildman–Crippen MR) is 101 cm³/mol. The van der Waals surface area contributed by atoms with E-state index in [0.717, 1.165) is 16.7 Å². The van der Waals surface area contributed by atoms with Gasteiger partial charge in [-0.1, -0.05) is 41.4 Å². The van der Waals surface area contributed by atoms with Crippen LogP contribution in [0.1, 0.15) is 11.1 Å². The zero-order valence-electron chi connectivity index (χ0n) is 13.0. The average Bonchev–Trinajstić information content (AvgIpc) is 2.86. The molecular weight excluding hydrogens is 399 g/mol. The molecule has 1 heterocycles. The van der Waals surface area contributed by atoms with E-state index in [2.05, 4.69) is 0 Å². The van der Waals surface area contributed by atoms with Crippen LogP contribution in [0.5, 0.6) is 0 Å². The third kappa shape index (κ3) is 3.90. The normalized spacial score (nSPS) is 15.8. The quantitative estimate of drug-likeness (QED) is 0.397. The van der Waals surface area contributed by atoms with Crippen LogP contribution < -0.4 is 0 Å². The molecule has 26 heavy (non-hydrogen) atoms. The highest BCUT2D eigenvalue weighted by atomic mass is 35.5. The number of thioether (sulfide) groups is 1. The van der Waals surface area contributed by atoms with Crippen molar-refractivity contribution in [3.05, 3.63) is 78.7 Å². The highest BCUT2D eigenvalue weighted by Crippen LogP contribution is 2.34. The fraction of sp³-hybridized carbons (Fsp3) is 0.0588. The van der Waals surface area contributed by atoms with Crippen LogP contribution in [0.3, 0.4) is 0 Å². The summed E-state index contributed by atoms with van der Waals surface area (Å²) < 4.78 is 0. The maximum atomic E-state index is 12.5. The maximum absolute atomic E-state index is 12.5. The number of nitro groups is 1. The van der Waals surface area contributed by atoms with Gasteiger partial charge >= 0.3 is 0 Å². The van der Waals surface area contributed by atoms with Gasteiger partial charge < -0.3 is 0 Å². The van der Waals surface area contributed by atoms with E-state index in [1.165, 1.54) is 18.2 Å². The standard InChI is InChI=1S/C17H10Cl2N2O4S/c18-13-5-4-10(7-14(13)19)8-15-16(22)20(17(23)26-15)9-11-2-1-3-12(6-11)21(24)25/h1-8H,9H2. The number of nitrogens with zero attached hydrogens (tertiary/aromatic N) is 2. The number of carbonyl (C=O) groups excluding carboxylic acids is 2. The molecule has 1 aliphatic rings. The van der Waals surface area contributed by atoms with Gasteiger partial charge in [0.15, 0.2) is 0 Å². The molecule has 6 nitrogen and oxygen atoms in total. The summed E-state index contributed by atoms with van der Waals surface area (Å²) in [6.45, 7) is -0.0366. The molecule has 1 aliphatic heterocycles. The van der Waals surface area contributed by atoms with Crippen molar-refractivity contribution in [2.24, 2.45) is 0 Å². The van der Waals surface area contributed by atoms with E-state index >= 15 is 0 Å². The third-order valence-electron chi connectivity index (χ3n) is 3.58. The molecule has 0 N–H and O–H groups in total. The van der Waals surface area contributed by atoms with Gasteiger partial charge in [-0.25, -0.2) is 0 Å². The minimum atomic E-state index is -0.526. The zero-order chi connectivity index (χ0) is 18.8. The van der Waals surface area contributed by atoms with Gasteiger partial charge in [0.25, 0.3) is 16.8 Å². The Kier molecular flexibility index (Phi) is 5.31. The lowest BCUT2D eigenvalue weighted by Crippen LogP contribution is -2.27. The molecule has 0 atom stereocenters. The highest BCUT2D eigenvalue weighted by molar-refractivity contribution is 8.18. The lowest BCUT2D eigenvalue weighted by atomic mass is 10.2. The number of rotatable bonds is 4. The molecule has 2 amide bonds. The van der Waals surface area contributed by atoms with Crippen molar-refractivity contribution in [2.45, 2.75) is 6.54 Å². The second-order valence-corrected chi connectivity index (χ2v) is 7.18. The first-order valence-electron chi connectivity index (χ1n) is 7.29. The monoisotopic (exact) mass is 408 g/mol. The maximum Gasteiger partial charge on any atom is 0.293 e. The molecule has 2 aromatic rings. The topological polar surface area (TPSA) is 80.5 Å². The second-order valence-electron chi connectivity index (χ2n) is 5.37. The molecule has 0 aliphatic carbocycles. The van der Waals surface area contributed by atoms with Gasteiger partial charge in [0.05, 0.1) is 26.4 Å². The summed E-state index contributed by atoms with van der Waals surface area (Å²) in [6.07, 6.45) is 1.56. The first kappa shape index (κ1) is 18.4. The minimum Gasteiger partial charge on any atom is -0.268 e. The van der Waals surface area contributed by atoms with Crippen LogP contribution in [0, 0.1) is 10.1 Å². The highest BCUT2D eigenvalue weighted by Gasteiger charge is 2.35. The molecule has 0 spiro atoms. The molecule has 0 radical (unpaired) electrons. The van der Waals surface area contributed by atoms with Crippen molar-refractivity contribution >= 4 is 57.9 Å². The number of hydrogen-bond acceptors (Lipinski definition) is 5. The minimum absolute atomic E-state index is 0.0366. The summed E-state index contributed by atoms with van der Waals surface area (Å²) in [5.41, 5.74) is 1.04. The number of hydrogen-bond donors (Lipinski definition) is 0. The number of halogens is 2. The van der Waals surface area contributed by atoms with Gasteiger partial charge in [-0.3, -0.25) is 24.6 Å². The molecule has 3 rings (SSSR count). The van der Waals surface area contributed by atoms with Crippen LogP contribution in [0.4, 0.5) is 10.5 Å². The van der Waals surface area contributed by atoms with Crippen LogP contribution in [-0.2, 0) is 11.3 Å². The Labute approximate surface area is 162 Å². The number of amides is 2. The van der Waals surface area contributed by atoms with Gasteiger partial charge in [-0.05, 0) is 41.1 Å². The Bertz CT molecular complexity index is 962. The largest absolute Gasteiger partial charge is 0.293 e. The zero-order valence-corrected chi connectivity index (χ0v) is 15.3.